The van der Waals surface area contributed by atoms with Gasteiger partial charge < -0.3 is 14.7 Å². The van der Waals surface area contributed by atoms with Crippen LogP contribution in [0.25, 0.3) is 10.9 Å². The Morgan fingerprint density at radius 3 is 2.50 bits per heavy atom. The van der Waals surface area contributed by atoms with Crippen LogP contribution in [0.3, 0.4) is 0 Å². The standard InChI is InChI=1S/C19H24N2O3/c1-18(2,3)24-17(22)21-12-10-19(23,11-13-21)16-9-8-14-6-4-5-7-15(14)20-16/h4-9,23H,10-13H2,1-3H3. The molecule has 1 aliphatic rings. The Kier molecular flexibility index (Phi) is 4.22. The molecule has 1 aromatic heterocycles. The van der Waals surface area contributed by atoms with E-state index in [9.17, 15) is 9.90 Å². The first kappa shape index (κ1) is 16.7. The fraction of sp³-hybridized carbons (Fsp3) is 0.474. The van der Waals surface area contributed by atoms with Crippen LogP contribution >= 0.6 is 0 Å². The van der Waals surface area contributed by atoms with Gasteiger partial charge in [-0.05, 0) is 45.7 Å². The molecule has 2 heterocycles. The second kappa shape index (κ2) is 6.06. The van der Waals surface area contributed by atoms with E-state index in [1.54, 1.807) is 4.90 Å². The minimum absolute atomic E-state index is 0.323. The highest BCUT2D eigenvalue weighted by Crippen LogP contribution is 2.33. The lowest BCUT2D eigenvalue weighted by Crippen LogP contribution is -2.47. The smallest absolute Gasteiger partial charge is 0.410 e. The van der Waals surface area contributed by atoms with Crippen molar-refractivity contribution in [3.8, 4) is 0 Å². The first-order valence-electron chi connectivity index (χ1n) is 8.33. The monoisotopic (exact) mass is 328 g/mol. The summed E-state index contributed by atoms with van der Waals surface area (Å²) in [6.45, 7) is 6.47. The highest BCUT2D eigenvalue weighted by Gasteiger charge is 2.37. The molecule has 2 aromatic rings. The number of para-hydroxylation sites is 1. The van der Waals surface area contributed by atoms with Crippen LogP contribution in [0.2, 0.25) is 0 Å². The van der Waals surface area contributed by atoms with Gasteiger partial charge in [-0.2, -0.15) is 0 Å². The van der Waals surface area contributed by atoms with Crippen LogP contribution in [-0.2, 0) is 10.3 Å². The highest BCUT2D eigenvalue weighted by molar-refractivity contribution is 5.78. The zero-order valence-electron chi connectivity index (χ0n) is 14.5. The molecule has 0 bridgehead atoms. The molecule has 24 heavy (non-hydrogen) atoms. The van der Waals surface area contributed by atoms with Crippen molar-refractivity contribution in [1.82, 2.24) is 9.88 Å². The van der Waals surface area contributed by atoms with E-state index in [-0.39, 0.29) is 6.09 Å². The van der Waals surface area contributed by atoms with Gasteiger partial charge in [-0.25, -0.2) is 9.78 Å². The molecule has 3 rings (SSSR count). The third-order valence-corrected chi connectivity index (χ3v) is 4.32. The summed E-state index contributed by atoms with van der Waals surface area (Å²) >= 11 is 0. The third-order valence-electron chi connectivity index (χ3n) is 4.32. The predicted octanol–water partition coefficient (Wildman–Crippen LogP) is 3.45. The van der Waals surface area contributed by atoms with Gasteiger partial charge in [0.25, 0.3) is 0 Å². The number of nitrogens with zero attached hydrogens (tertiary/aromatic N) is 2. The third kappa shape index (κ3) is 3.51. The lowest BCUT2D eigenvalue weighted by atomic mass is 9.87. The van der Waals surface area contributed by atoms with Gasteiger partial charge in [0.15, 0.2) is 0 Å². The summed E-state index contributed by atoms with van der Waals surface area (Å²) in [4.78, 5) is 18.4. The molecule has 1 aromatic carbocycles. The average molecular weight is 328 g/mol. The van der Waals surface area contributed by atoms with Gasteiger partial charge in [0.2, 0.25) is 0 Å². The largest absolute Gasteiger partial charge is 0.444 e. The molecule has 1 aliphatic heterocycles. The highest BCUT2D eigenvalue weighted by atomic mass is 16.6. The molecule has 0 aliphatic carbocycles. The summed E-state index contributed by atoms with van der Waals surface area (Å²) in [5.41, 5.74) is 0.0378. The maximum absolute atomic E-state index is 12.1. The number of benzene rings is 1. The number of amides is 1. The Bertz CT molecular complexity index is 744. The molecule has 0 unspecified atom stereocenters. The van der Waals surface area contributed by atoms with E-state index < -0.39 is 11.2 Å². The number of likely N-dealkylation sites (tertiary alicyclic amines) is 1. The number of pyridine rings is 1. The predicted molar refractivity (Wildman–Crippen MR) is 92.7 cm³/mol. The molecule has 5 heteroatoms. The minimum Gasteiger partial charge on any atom is -0.444 e. The molecule has 0 saturated carbocycles. The Balaban J connectivity index is 1.72. The number of carbonyl (C=O) groups excluding carboxylic acids is 1. The molecule has 5 nitrogen and oxygen atoms in total. The quantitative estimate of drug-likeness (QED) is 0.871. The van der Waals surface area contributed by atoms with E-state index >= 15 is 0 Å². The molecule has 1 N–H and O–H groups in total. The summed E-state index contributed by atoms with van der Waals surface area (Å²) in [7, 11) is 0. The van der Waals surface area contributed by atoms with Gasteiger partial charge in [0.05, 0.1) is 11.2 Å². The molecule has 1 fully saturated rings. The summed E-state index contributed by atoms with van der Waals surface area (Å²) in [5, 5.41) is 12.0. The van der Waals surface area contributed by atoms with Gasteiger partial charge >= 0.3 is 6.09 Å². The van der Waals surface area contributed by atoms with Crippen LogP contribution < -0.4 is 0 Å². The zero-order chi connectivity index (χ0) is 17.4. The first-order chi connectivity index (χ1) is 11.3. The molecule has 0 radical (unpaired) electrons. The summed E-state index contributed by atoms with van der Waals surface area (Å²) in [5.74, 6) is 0. The van der Waals surface area contributed by atoms with E-state index in [0.29, 0.717) is 31.6 Å². The van der Waals surface area contributed by atoms with Crippen LogP contribution in [0.15, 0.2) is 36.4 Å². The zero-order valence-corrected chi connectivity index (χ0v) is 14.5. The maximum Gasteiger partial charge on any atom is 0.410 e. The van der Waals surface area contributed by atoms with Crippen LogP contribution in [0, 0.1) is 0 Å². The number of piperidine rings is 1. The fourth-order valence-electron chi connectivity index (χ4n) is 2.97. The SMILES string of the molecule is CC(C)(C)OC(=O)N1CCC(O)(c2ccc3ccccc3n2)CC1. The van der Waals surface area contributed by atoms with E-state index in [1.807, 2.05) is 57.2 Å². The second-order valence-corrected chi connectivity index (χ2v) is 7.39. The lowest BCUT2D eigenvalue weighted by Gasteiger charge is -2.38. The van der Waals surface area contributed by atoms with Gasteiger partial charge in [-0.3, -0.25) is 0 Å². The summed E-state index contributed by atoms with van der Waals surface area (Å²) in [6, 6.07) is 11.7. The van der Waals surface area contributed by atoms with Crippen molar-refractivity contribution in [2.24, 2.45) is 0 Å². The topological polar surface area (TPSA) is 62.7 Å². The van der Waals surface area contributed by atoms with Crippen molar-refractivity contribution in [2.45, 2.75) is 44.8 Å². The fourth-order valence-corrected chi connectivity index (χ4v) is 2.97. The normalized spacial score (nSPS) is 17.8. The Morgan fingerprint density at radius 2 is 1.83 bits per heavy atom. The van der Waals surface area contributed by atoms with Crippen LogP contribution in [0.5, 0.6) is 0 Å². The molecule has 128 valence electrons. The second-order valence-electron chi connectivity index (χ2n) is 7.39. The molecular formula is C19H24N2O3. The van der Waals surface area contributed by atoms with E-state index in [0.717, 1.165) is 10.9 Å². The van der Waals surface area contributed by atoms with Gasteiger partial charge in [-0.15, -0.1) is 0 Å². The number of hydrogen-bond donors (Lipinski definition) is 1. The van der Waals surface area contributed by atoms with Crippen LogP contribution in [-0.4, -0.2) is 39.8 Å². The molecule has 0 atom stereocenters. The van der Waals surface area contributed by atoms with Crippen molar-refractivity contribution in [2.75, 3.05) is 13.1 Å². The van der Waals surface area contributed by atoms with Gasteiger partial charge in [0.1, 0.15) is 11.2 Å². The molecule has 1 amide bonds. The van der Waals surface area contributed by atoms with Crippen molar-refractivity contribution < 1.29 is 14.6 Å². The Hall–Kier alpha value is -2.14. The number of hydrogen-bond acceptors (Lipinski definition) is 4. The number of aromatic nitrogens is 1. The van der Waals surface area contributed by atoms with Crippen LogP contribution in [0.4, 0.5) is 4.79 Å². The number of ether oxygens (including phenoxy) is 1. The molecule has 0 spiro atoms. The van der Waals surface area contributed by atoms with Crippen molar-refractivity contribution in [1.29, 1.82) is 0 Å². The molecular weight excluding hydrogens is 304 g/mol. The van der Waals surface area contributed by atoms with Crippen molar-refractivity contribution in [3.05, 3.63) is 42.1 Å². The summed E-state index contributed by atoms with van der Waals surface area (Å²) in [6.07, 6.45) is 0.589. The van der Waals surface area contributed by atoms with Crippen molar-refractivity contribution in [3.63, 3.8) is 0 Å². The van der Waals surface area contributed by atoms with E-state index in [4.69, 9.17) is 4.74 Å². The minimum atomic E-state index is -0.997. The lowest BCUT2D eigenvalue weighted by molar-refractivity contribution is -0.0379. The Morgan fingerprint density at radius 1 is 1.17 bits per heavy atom. The summed E-state index contributed by atoms with van der Waals surface area (Å²) < 4.78 is 5.40. The number of fused-ring (bicyclic) bond motifs is 1. The number of aliphatic hydroxyl groups is 1. The van der Waals surface area contributed by atoms with Gasteiger partial charge in [0, 0.05) is 18.5 Å². The van der Waals surface area contributed by atoms with E-state index in [1.165, 1.54) is 0 Å². The van der Waals surface area contributed by atoms with E-state index in [2.05, 4.69) is 4.98 Å². The Labute approximate surface area is 142 Å². The number of rotatable bonds is 1. The maximum atomic E-state index is 12.1. The average Bonchev–Trinajstić information content (AvgIpc) is 2.53. The van der Waals surface area contributed by atoms with Crippen molar-refractivity contribution >= 4 is 17.0 Å². The van der Waals surface area contributed by atoms with Crippen LogP contribution in [0.1, 0.15) is 39.3 Å². The molecule has 1 saturated heterocycles. The first-order valence-corrected chi connectivity index (χ1v) is 8.33. The number of carbonyl (C=O) groups is 1. The van der Waals surface area contributed by atoms with Gasteiger partial charge in [-0.1, -0.05) is 24.3 Å².